The first-order valence-electron chi connectivity index (χ1n) is 8.99. The molecule has 2 aliphatic rings. The summed E-state index contributed by atoms with van der Waals surface area (Å²) >= 11 is 0. The molecule has 0 N–H and O–H groups in total. The molecule has 0 unspecified atom stereocenters. The fourth-order valence-electron chi connectivity index (χ4n) is 3.55. The smallest absolute Gasteiger partial charge is 0.236 e. The summed E-state index contributed by atoms with van der Waals surface area (Å²) < 4.78 is 10.8. The van der Waals surface area contributed by atoms with Crippen LogP contribution in [-0.4, -0.2) is 80.5 Å². The fourth-order valence-corrected chi connectivity index (χ4v) is 3.55. The van der Waals surface area contributed by atoms with Crippen LogP contribution in [0.1, 0.15) is 17.5 Å². The molecule has 142 valence electrons. The van der Waals surface area contributed by atoms with Crippen LogP contribution in [0.3, 0.4) is 0 Å². The van der Waals surface area contributed by atoms with E-state index in [0.29, 0.717) is 44.9 Å². The highest BCUT2D eigenvalue weighted by atomic mass is 16.5. The molecule has 0 bridgehead atoms. The lowest BCUT2D eigenvalue weighted by Crippen LogP contribution is -2.43. The molecule has 7 heteroatoms. The Morgan fingerprint density at radius 3 is 2.38 bits per heavy atom. The lowest BCUT2D eigenvalue weighted by molar-refractivity contribution is -0.132. The monoisotopic (exact) mass is 361 g/mol. The normalized spacial score (nSPS) is 18.3. The fraction of sp³-hybridized carbons (Fsp3) is 0.579. The van der Waals surface area contributed by atoms with Crippen LogP contribution in [0, 0.1) is 0 Å². The van der Waals surface area contributed by atoms with Gasteiger partial charge in [-0.2, -0.15) is 0 Å². The molecule has 1 fully saturated rings. The summed E-state index contributed by atoms with van der Waals surface area (Å²) in [5.41, 5.74) is 2.42. The highest BCUT2D eigenvalue weighted by Crippen LogP contribution is 2.33. The van der Waals surface area contributed by atoms with Crippen molar-refractivity contribution < 1.29 is 19.1 Å². The van der Waals surface area contributed by atoms with Gasteiger partial charge in [-0.15, -0.1) is 0 Å². The molecule has 0 atom stereocenters. The van der Waals surface area contributed by atoms with Crippen LogP contribution in [0.4, 0.5) is 0 Å². The van der Waals surface area contributed by atoms with E-state index in [9.17, 15) is 9.59 Å². The number of methoxy groups -OCH3 is 2. The average Bonchev–Trinajstić information content (AvgIpc) is 2.82. The second-order valence-electron chi connectivity index (χ2n) is 6.88. The molecule has 7 nitrogen and oxygen atoms in total. The number of fused-ring (bicyclic) bond motifs is 1. The first kappa shape index (κ1) is 18.5. The minimum atomic E-state index is 0.0945. The number of likely N-dealkylation sites (N-methyl/N-ethyl adjacent to an activating group) is 1. The Bertz CT molecular complexity index is 692. The summed E-state index contributed by atoms with van der Waals surface area (Å²) in [4.78, 5) is 30.1. The van der Waals surface area contributed by atoms with Crippen LogP contribution in [0.25, 0.3) is 0 Å². The van der Waals surface area contributed by atoms with Crippen LogP contribution in [0.2, 0.25) is 0 Å². The number of carbonyl (C=O) groups excluding carboxylic acids is 2. The molecule has 0 saturated carbocycles. The number of amides is 2. The van der Waals surface area contributed by atoms with E-state index in [1.165, 1.54) is 11.1 Å². The molecule has 26 heavy (non-hydrogen) atoms. The van der Waals surface area contributed by atoms with E-state index < -0.39 is 0 Å². The summed E-state index contributed by atoms with van der Waals surface area (Å²) in [6, 6.07) is 4.04. The van der Waals surface area contributed by atoms with E-state index in [1.807, 2.05) is 17.0 Å². The molecule has 2 aliphatic heterocycles. The first-order valence-corrected chi connectivity index (χ1v) is 8.99. The SMILES string of the molecule is COc1cc2c(cc1OC)CN(CC(=O)N1CCC(=O)N(C)CC1)CC2. The van der Waals surface area contributed by atoms with Crippen molar-refractivity contribution in [3.05, 3.63) is 23.3 Å². The third-order valence-corrected chi connectivity index (χ3v) is 5.24. The van der Waals surface area contributed by atoms with E-state index in [-0.39, 0.29) is 11.8 Å². The average molecular weight is 361 g/mol. The molecule has 0 spiro atoms. The van der Waals surface area contributed by atoms with Crippen molar-refractivity contribution in [3.8, 4) is 11.5 Å². The van der Waals surface area contributed by atoms with E-state index in [1.54, 1.807) is 26.2 Å². The highest BCUT2D eigenvalue weighted by Gasteiger charge is 2.25. The maximum atomic E-state index is 12.7. The van der Waals surface area contributed by atoms with E-state index in [4.69, 9.17) is 9.47 Å². The molecule has 0 aromatic heterocycles. The third-order valence-electron chi connectivity index (χ3n) is 5.24. The third kappa shape index (κ3) is 3.93. The molecule has 1 aromatic rings. The predicted octanol–water partition coefficient (Wildman–Crippen LogP) is 0.753. The lowest BCUT2D eigenvalue weighted by atomic mass is 9.99. The van der Waals surface area contributed by atoms with Crippen molar-refractivity contribution >= 4 is 11.8 Å². The summed E-state index contributed by atoms with van der Waals surface area (Å²) in [5.74, 6) is 1.66. The minimum absolute atomic E-state index is 0.0945. The topological polar surface area (TPSA) is 62.3 Å². The quantitative estimate of drug-likeness (QED) is 0.792. The van der Waals surface area contributed by atoms with Gasteiger partial charge in [-0.3, -0.25) is 14.5 Å². The molecule has 2 amide bonds. The second-order valence-corrected chi connectivity index (χ2v) is 6.88. The van der Waals surface area contributed by atoms with Crippen molar-refractivity contribution in [2.75, 3.05) is 54.0 Å². The number of hydrogen-bond donors (Lipinski definition) is 0. The maximum Gasteiger partial charge on any atom is 0.236 e. The van der Waals surface area contributed by atoms with Gasteiger partial charge in [-0.1, -0.05) is 0 Å². The first-order chi connectivity index (χ1) is 12.5. The van der Waals surface area contributed by atoms with Gasteiger partial charge >= 0.3 is 0 Å². The lowest BCUT2D eigenvalue weighted by Gasteiger charge is -2.31. The maximum absolute atomic E-state index is 12.7. The molecule has 3 rings (SSSR count). The van der Waals surface area contributed by atoms with E-state index in [0.717, 1.165) is 18.7 Å². The van der Waals surface area contributed by atoms with E-state index in [2.05, 4.69) is 4.90 Å². The van der Waals surface area contributed by atoms with Gasteiger partial charge < -0.3 is 19.3 Å². The van der Waals surface area contributed by atoms with Gasteiger partial charge in [0.15, 0.2) is 11.5 Å². The van der Waals surface area contributed by atoms with Gasteiger partial charge in [0.1, 0.15) is 0 Å². The molecule has 0 radical (unpaired) electrons. The minimum Gasteiger partial charge on any atom is -0.493 e. The summed E-state index contributed by atoms with van der Waals surface area (Å²) in [6.45, 7) is 3.65. The zero-order valence-corrected chi connectivity index (χ0v) is 15.8. The zero-order chi connectivity index (χ0) is 18.7. The molecule has 0 aliphatic carbocycles. The Morgan fingerprint density at radius 1 is 1.00 bits per heavy atom. The second kappa shape index (κ2) is 7.95. The Kier molecular flexibility index (Phi) is 5.66. The molecular weight excluding hydrogens is 334 g/mol. The Labute approximate surface area is 154 Å². The molecule has 1 saturated heterocycles. The summed E-state index contributed by atoms with van der Waals surface area (Å²) in [5, 5.41) is 0. The largest absolute Gasteiger partial charge is 0.493 e. The Hall–Kier alpha value is -2.28. The van der Waals surface area contributed by atoms with Gasteiger partial charge in [0.2, 0.25) is 11.8 Å². The van der Waals surface area contributed by atoms with Crippen LogP contribution in [0.15, 0.2) is 12.1 Å². The van der Waals surface area contributed by atoms with Crippen molar-refractivity contribution in [1.82, 2.24) is 14.7 Å². The van der Waals surface area contributed by atoms with Gasteiger partial charge in [-0.25, -0.2) is 0 Å². The van der Waals surface area contributed by atoms with Gasteiger partial charge in [0.25, 0.3) is 0 Å². The number of hydrogen-bond acceptors (Lipinski definition) is 5. The van der Waals surface area contributed by atoms with Crippen molar-refractivity contribution in [1.29, 1.82) is 0 Å². The highest BCUT2D eigenvalue weighted by molar-refractivity contribution is 5.81. The summed E-state index contributed by atoms with van der Waals surface area (Å²) in [7, 11) is 5.06. The Morgan fingerprint density at radius 2 is 1.69 bits per heavy atom. The predicted molar refractivity (Wildman–Crippen MR) is 97.4 cm³/mol. The van der Waals surface area contributed by atoms with Gasteiger partial charge in [-0.05, 0) is 29.7 Å². The van der Waals surface area contributed by atoms with Gasteiger partial charge in [0.05, 0.1) is 20.8 Å². The van der Waals surface area contributed by atoms with Crippen molar-refractivity contribution in [3.63, 3.8) is 0 Å². The molecular formula is C19H27N3O4. The van der Waals surface area contributed by atoms with Crippen LogP contribution in [0.5, 0.6) is 11.5 Å². The number of benzene rings is 1. The molecule has 1 aromatic carbocycles. The standard InChI is InChI=1S/C19H27N3O4/c1-20-8-9-22(7-5-18(20)23)19(24)13-21-6-4-14-10-16(25-2)17(26-3)11-15(14)12-21/h10-11H,4-9,12-13H2,1-3H3. The number of ether oxygens (including phenoxy) is 2. The zero-order valence-electron chi connectivity index (χ0n) is 15.8. The summed E-state index contributed by atoms with van der Waals surface area (Å²) in [6.07, 6.45) is 1.28. The Balaban J connectivity index is 1.64. The molecule has 2 heterocycles. The number of carbonyl (C=O) groups is 2. The van der Waals surface area contributed by atoms with Crippen LogP contribution in [-0.2, 0) is 22.6 Å². The van der Waals surface area contributed by atoms with Gasteiger partial charge in [0, 0.05) is 46.2 Å². The van der Waals surface area contributed by atoms with Crippen molar-refractivity contribution in [2.45, 2.75) is 19.4 Å². The van der Waals surface area contributed by atoms with Crippen LogP contribution >= 0.6 is 0 Å². The van der Waals surface area contributed by atoms with Crippen LogP contribution < -0.4 is 9.47 Å². The number of nitrogens with zero attached hydrogens (tertiary/aromatic N) is 3. The van der Waals surface area contributed by atoms with Crippen molar-refractivity contribution in [2.24, 2.45) is 0 Å². The number of rotatable bonds is 4. The van der Waals surface area contributed by atoms with E-state index >= 15 is 0 Å².